The van der Waals surface area contributed by atoms with Crippen LogP contribution in [0.3, 0.4) is 0 Å². The van der Waals surface area contributed by atoms with E-state index in [1.807, 2.05) is 0 Å². The van der Waals surface area contributed by atoms with Crippen molar-refractivity contribution < 1.29 is 56.4 Å². The van der Waals surface area contributed by atoms with Crippen molar-refractivity contribution in [1.82, 2.24) is 0 Å². The summed E-state index contributed by atoms with van der Waals surface area (Å²) in [5.74, 6) is -1.52. The Bertz CT molecular complexity index is 998. The maximum absolute atomic E-state index is 13.6. The van der Waals surface area contributed by atoms with Crippen molar-refractivity contribution in [2.45, 2.75) is 39.3 Å². The lowest BCUT2D eigenvalue weighted by Gasteiger charge is -2.29. The van der Waals surface area contributed by atoms with Gasteiger partial charge in [0.2, 0.25) is 12.4 Å². The Balaban J connectivity index is 1.97. The molecule has 1 heterocycles. The van der Waals surface area contributed by atoms with Crippen LogP contribution in [0.25, 0.3) is 6.08 Å². The fraction of sp³-hybridized carbons (Fsp3) is 0.500. The molecule has 1 aromatic carbocycles. The molecule has 0 bridgehead atoms. The molecule has 1 unspecified atom stereocenters. The molecule has 15 heteroatoms. The van der Waals surface area contributed by atoms with Crippen molar-refractivity contribution in [3.63, 3.8) is 0 Å². The molecule has 0 amide bonds. The number of nitrogens with zero attached hydrogens (tertiary/aromatic N) is 1. The molecule has 2 rings (SSSR count). The highest BCUT2D eigenvalue weighted by Gasteiger charge is 2.49. The zero-order valence-electron chi connectivity index (χ0n) is 18.7. The van der Waals surface area contributed by atoms with Gasteiger partial charge in [-0.1, -0.05) is 11.6 Å². The second-order valence-electron chi connectivity index (χ2n) is 7.04. The number of ether oxygens (including phenoxy) is 5. The van der Waals surface area contributed by atoms with Crippen LogP contribution in [0.5, 0.6) is 5.75 Å². The largest absolute Gasteiger partial charge is 0.511 e. The van der Waals surface area contributed by atoms with Crippen molar-refractivity contribution in [2.24, 2.45) is 0 Å². The van der Waals surface area contributed by atoms with Crippen molar-refractivity contribution >= 4 is 29.8 Å². The van der Waals surface area contributed by atoms with E-state index in [0.29, 0.717) is 16.1 Å². The topological polar surface area (TPSA) is 133 Å². The second kappa shape index (κ2) is 11.9. The van der Waals surface area contributed by atoms with Crippen LogP contribution in [-0.2, 0) is 28.6 Å². The van der Waals surface area contributed by atoms with Gasteiger partial charge in [0.1, 0.15) is 19.0 Å². The van der Waals surface area contributed by atoms with Crippen LogP contribution in [0.1, 0.15) is 23.6 Å². The van der Waals surface area contributed by atoms with E-state index < -0.39 is 41.4 Å². The Morgan fingerprint density at radius 3 is 2.49 bits per heavy atom. The van der Waals surface area contributed by atoms with Gasteiger partial charge >= 0.3 is 18.3 Å². The standard InChI is InChI=1S/C20H21ClF3NO10/c1-10-8-15-13(11(2)16(10)21)9-14(17(35-15)20(22,23)24)18(26)33-12(3)34-19(27)31-6-4-30-5-7-32-25(28)29/h8-9,12,17H,4-7H2,1-3H3/t12?,17-/m0/s1. The Morgan fingerprint density at radius 2 is 1.86 bits per heavy atom. The van der Waals surface area contributed by atoms with Gasteiger partial charge in [-0.2, -0.15) is 13.2 Å². The fourth-order valence-corrected chi connectivity index (χ4v) is 3.07. The average Bonchev–Trinajstić information content (AvgIpc) is 2.75. The number of aryl methyl sites for hydroxylation is 1. The van der Waals surface area contributed by atoms with Crippen LogP contribution in [0.4, 0.5) is 18.0 Å². The molecule has 0 fully saturated rings. The quantitative estimate of drug-likeness (QED) is 0.145. The summed E-state index contributed by atoms with van der Waals surface area (Å²) in [7, 11) is 0. The molecule has 0 spiro atoms. The molecule has 0 saturated carbocycles. The smallest absolute Gasteiger partial charge is 0.475 e. The lowest BCUT2D eigenvalue weighted by Crippen LogP contribution is -2.41. The number of carbonyl (C=O) groups excluding carboxylic acids is 2. The molecule has 1 aromatic rings. The number of carbonyl (C=O) groups is 2. The maximum atomic E-state index is 13.6. The third-order valence-electron chi connectivity index (χ3n) is 4.46. The van der Waals surface area contributed by atoms with E-state index in [2.05, 4.69) is 14.3 Å². The minimum atomic E-state index is -4.95. The highest BCUT2D eigenvalue weighted by molar-refractivity contribution is 6.32. The summed E-state index contributed by atoms with van der Waals surface area (Å²) in [5, 5.41) is 9.26. The third kappa shape index (κ3) is 7.89. The fourth-order valence-electron chi connectivity index (χ4n) is 2.91. The number of halogens is 4. The summed E-state index contributed by atoms with van der Waals surface area (Å²) in [6.45, 7) is 3.33. The van der Waals surface area contributed by atoms with Gasteiger partial charge in [-0.15, -0.1) is 10.1 Å². The van der Waals surface area contributed by atoms with E-state index in [9.17, 15) is 32.9 Å². The molecule has 1 aliphatic rings. The number of alkyl halides is 3. The minimum absolute atomic E-state index is 0.0942. The van der Waals surface area contributed by atoms with Crippen molar-refractivity contribution in [1.29, 1.82) is 0 Å². The van der Waals surface area contributed by atoms with Crippen LogP contribution in [0.2, 0.25) is 5.02 Å². The summed E-state index contributed by atoms with van der Waals surface area (Å²) in [5.41, 5.74) is 0.235. The van der Waals surface area contributed by atoms with E-state index in [0.717, 1.165) is 13.0 Å². The summed E-state index contributed by atoms with van der Waals surface area (Å²) >= 11 is 6.16. The third-order valence-corrected chi connectivity index (χ3v) is 5.04. The van der Waals surface area contributed by atoms with Gasteiger partial charge in [-0.05, 0) is 37.1 Å². The molecule has 0 aromatic heterocycles. The molecule has 35 heavy (non-hydrogen) atoms. The van der Waals surface area contributed by atoms with Crippen LogP contribution >= 0.6 is 11.6 Å². The van der Waals surface area contributed by atoms with E-state index in [1.54, 1.807) is 13.8 Å². The normalized spacial score (nSPS) is 15.7. The molecule has 11 nitrogen and oxygen atoms in total. The second-order valence-corrected chi connectivity index (χ2v) is 7.42. The number of hydrogen-bond acceptors (Lipinski definition) is 10. The van der Waals surface area contributed by atoms with Crippen LogP contribution in [-0.4, -0.2) is 62.2 Å². The highest BCUT2D eigenvalue weighted by Crippen LogP contribution is 2.41. The molecular weight excluding hydrogens is 507 g/mol. The lowest BCUT2D eigenvalue weighted by atomic mass is 9.96. The first-order valence-corrected chi connectivity index (χ1v) is 10.3. The Kier molecular flexibility index (Phi) is 9.54. The first-order valence-electron chi connectivity index (χ1n) is 9.95. The van der Waals surface area contributed by atoms with Gasteiger partial charge in [-0.3, -0.25) is 0 Å². The monoisotopic (exact) mass is 527 g/mol. The number of benzene rings is 1. The zero-order valence-corrected chi connectivity index (χ0v) is 19.4. The molecular formula is C20H21ClF3NO10. The number of fused-ring (bicyclic) bond motifs is 1. The van der Waals surface area contributed by atoms with Gasteiger partial charge in [0.05, 0.1) is 18.8 Å². The average molecular weight is 528 g/mol. The number of rotatable bonds is 10. The summed E-state index contributed by atoms with van der Waals surface area (Å²) < 4.78 is 64.9. The van der Waals surface area contributed by atoms with E-state index >= 15 is 0 Å². The summed E-state index contributed by atoms with van der Waals surface area (Å²) in [6.07, 6.45) is -9.48. The van der Waals surface area contributed by atoms with Gasteiger partial charge in [0.25, 0.3) is 5.09 Å². The predicted molar refractivity (Wildman–Crippen MR) is 111 cm³/mol. The molecule has 0 radical (unpaired) electrons. The number of hydrogen-bond donors (Lipinski definition) is 0. The Labute approximate surface area is 201 Å². The first-order chi connectivity index (χ1) is 16.3. The lowest BCUT2D eigenvalue weighted by molar-refractivity contribution is -0.758. The first kappa shape index (κ1) is 28.0. The Morgan fingerprint density at radius 1 is 1.20 bits per heavy atom. The van der Waals surface area contributed by atoms with Gasteiger partial charge in [-0.25, -0.2) is 9.59 Å². The van der Waals surface area contributed by atoms with E-state index in [4.69, 9.17) is 25.8 Å². The van der Waals surface area contributed by atoms with Crippen molar-refractivity contribution in [2.75, 3.05) is 26.4 Å². The van der Waals surface area contributed by atoms with Gasteiger partial charge < -0.3 is 28.5 Å². The molecule has 1 aliphatic heterocycles. The zero-order chi connectivity index (χ0) is 26.3. The van der Waals surface area contributed by atoms with Crippen molar-refractivity contribution in [3.8, 4) is 5.75 Å². The summed E-state index contributed by atoms with van der Waals surface area (Å²) in [4.78, 5) is 38.1. The molecule has 194 valence electrons. The molecule has 2 atom stereocenters. The SMILES string of the molecule is Cc1cc2c(c(C)c1Cl)C=C(C(=O)OC(C)OC(=O)OCCOCCO[N+](=O)[O-])[C@@H](C(F)(F)F)O2. The minimum Gasteiger partial charge on any atom is -0.475 e. The Hall–Kier alpha value is -3.26. The van der Waals surface area contributed by atoms with Gasteiger partial charge in [0, 0.05) is 17.5 Å². The molecule has 0 aliphatic carbocycles. The van der Waals surface area contributed by atoms with E-state index in [-0.39, 0.29) is 37.7 Å². The molecule has 0 saturated heterocycles. The van der Waals surface area contributed by atoms with E-state index in [1.165, 1.54) is 6.07 Å². The summed E-state index contributed by atoms with van der Waals surface area (Å²) in [6, 6.07) is 1.34. The highest BCUT2D eigenvalue weighted by atomic mass is 35.5. The maximum Gasteiger partial charge on any atom is 0.511 e. The number of esters is 1. The van der Waals surface area contributed by atoms with Gasteiger partial charge in [0.15, 0.2) is 0 Å². The van der Waals surface area contributed by atoms with Crippen LogP contribution in [0.15, 0.2) is 11.6 Å². The van der Waals surface area contributed by atoms with Crippen molar-refractivity contribution in [3.05, 3.63) is 43.5 Å². The predicted octanol–water partition coefficient (Wildman–Crippen LogP) is 3.93. The van der Waals surface area contributed by atoms with Crippen LogP contribution < -0.4 is 4.74 Å². The molecule has 0 N–H and O–H groups in total. The van der Waals surface area contributed by atoms with Crippen LogP contribution in [0, 0.1) is 24.0 Å².